The van der Waals surface area contributed by atoms with Crippen molar-refractivity contribution in [2.24, 2.45) is 17.1 Å². The van der Waals surface area contributed by atoms with Crippen LogP contribution in [0, 0.1) is 11.3 Å². The Morgan fingerprint density at radius 1 is 1.38 bits per heavy atom. The third kappa shape index (κ3) is 2.64. The Kier molecular flexibility index (Phi) is 4.86. The molecule has 2 heterocycles. The molecule has 3 N–H and O–H groups in total. The molecule has 3 atom stereocenters. The molecule has 1 saturated heterocycles. The van der Waals surface area contributed by atoms with Gasteiger partial charge >= 0.3 is 0 Å². The summed E-state index contributed by atoms with van der Waals surface area (Å²) >= 11 is 0. The number of nitrogens with one attached hydrogen (secondary N) is 1. The molecule has 0 radical (unpaired) electrons. The number of nitrogens with two attached hydrogens (primary N) is 1. The number of carbonyl (C=O) groups is 1. The number of benzene rings is 1. The van der Waals surface area contributed by atoms with Gasteiger partial charge in [0.1, 0.15) is 5.54 Å². The van der Waals surface area contributed by atoms with E-state index in [9.17, 15) is 4.79 Å². The minimum Gasteiger partial charge on any atom is -0.444 e. The van der Waals surface area contributed by atoms with E-state index in [0.717, 1.165) is 25.0 Å². The lowest BCUT2D eigenvalue weighted by Gasteiger charge is -2.65. The van der Waals surface area contributed by atoms with Gasteiger partial charge in [-0.25, -0.2) is 4.98 Å². The van der Waals surface area contributed by atoms with Crippen LogP contribution in [0.2, 0.25) is 0 Å². The van der Waals surface area contributed by atoms with Gasteiger partial charge in [0.25, 0.3) is 0 Å². The number of ether oxygens (including phenoxy) is 1. The van der Waals surface area contributed by atoms with E-state index in [0.29, 0.717) is 11.4 Å². The van der Waals surface area contributed by atoms with Gasteiger partial charge in [-0.3, -0.25) is 4.79 Å². The highest BCUT2D eigenvalue weighted by atomic mass is 35.5. The second-order valence-electron chi connectivity index (χ2n) is 7.53. The van der Waals surface area contributed by atoms with Crippen LogP contribution in [-0.2, 0) is 9.53 Å². The first-order chi connectivity index (χ1) is 11.9. The highest BCUT2D eigenvalue weighted by Crippen LogP contribution is 2.57. The molecule has 1 aromatic heterocycles. The zero-order valence-electron chi connectivity index (χ0n) is 14.9. The summed E-state index contributed by atoms with van der Waals surface area (Å²) < 4.78 is 11.2. The van der Waals surface area contributed by atoms with Gasteiger partial charge in [0, 0.05) is 29.2 Å². The van der Waals surface area contributed by atoms with E-state index in [1.807, 2.05) is 38.1 Å². The molecule has 7 heteroatoms. The maximum atomic E-state index is 13.1. The van der Waals surface area contributed by atoms with Crippen LogP contribution >= 0.6 is 12.4 Å². The van der Waals surface area contributed by atoms with Crippen LogP contribution in [0.4, 0.5) is 5.69 Å². The minimum absolute atomic E-state index is 0. The number of fused-ring (bicyclic) bond motifs is 1. The number of oxazole rings is 1. The smallest absolute Gasteiger partial charge is 0.245 e. The summed E-state index contributed by atoms with van der Waals surface area (Å²) in [5.41, 5.74) is 6.86. The average Bonchev–Trinajstić information content (AvgIpc) is 3.16. The van der Waals surface area contributed by atoms with Gasteiger partial charge in [0.15, 0.2) is 12.2 Å². The first kappa shape index (κ1) is 18.9. The molecule has 2 aromatic rings. The maximum absolute atomic E-state index is 13.1. The molecular formula is C19H24ClN3O3. The largest absolute Gasteiger partial charge is 0.444 e. The zero-order valence-corrected chi connectivity index (χ0v) is 15.7. The Balaban J connectivity index is 0.00000196. The lowest BCUT2D eigenvalue weighted by molar-refractivity contribution is -0.222. The van der Waals surface area contributed by atoms with E-state index in [4.69, 9.17) is 14.9 Å². The quantitative estimate of drug-likeness (QED) is 0.856. The van der Waals surface area contributed by atoms with Crippen LogP contribution in [0.3, 0.4) is 0 Å². The number of rotatable bonds is 3. The van der Waals surface area contributed by atoms with Crippen molar-refractivity contribution in [1.82, 2.24) is 4.98 Å². The predicted molar refractivity (Wildman–Crippen MR) is 101 cm³/mol. The van der Waals surface area contributed by atoms with Crippen molar-refractivity contribution in [2.45, 2.75) is 38.3 Å². The molecule has 1 amide bonds. The fourth-order valence-electron chi connectivity index (χ4n) is 4.38. The first-order valence-corrected chi connectivity index (χ1v) is 8.65. The fraction of sp³-hybridized carbons (Fsp3) is 0.474. The summed E-state index contributed by atoms with van der Waals surface area (Å²) in [5, 5.41) is 2.99. The van der Waals surface area contributed by atoms with E-state index < -0.39 is 11.0 Å². The van der Waals surface area contributed by atoms with E-state index in [2.05, 4.69) is 10.3 Å². The third-order valence-corrected chi connectivity index (χ3v) is 5.90. The molecule has 2 aliphatic rings. The maximum Gasteiger partial charge on any atom is 0.245 e. The average molecular weight is 378 g/mol. The molecule has 26 heavy (non-hydrogen) atoms. The van der Waals surface area contributed by atoms with Gasteiger partial charge in [-0.05, 0) is 25.0 Å². The lowest BCUT2D eigenvalue weighted by Crippen LogP contribution is -2.81. The highest BCUT2D eigenvalue weighted by Gasteiger charge is 2.70. The third-order valence-electron chi connectivity index (χ3n) is 5.90. The summed E-state index contributed by atoms with van der Waals surface area (Å²) in [6.45, 7) is 4.79. The Bertz CT molecular complexity index is 793. The van der Waals surface area contributed by atoms with Crippen LogP contribution < -0.4 is 11.1 Å². The molecule has 3 unspecified atom stereocenters. The van der Waals surface area contributed by atoms with Gasteiger partial charge in [-0.15, -0.1) is 12.4 Å². The number of amides is 1. The van der Waals surface area contributed by atoms with Crippen LogP contribution in [0.25, 0.3) is 11.3 Å². The Morgan fingerprint density at radius 2 is 2.19 bits per heavy atom. The van der Waals surface area contributed by atoms with Crippen molar-refractivity contribution in [3.8, 4) is 11.3 Å². The molecule has 1 aromatic carbocycles. The number of nitrogens with zero attached hydrogens (tertiary/aromatic N) is 1. The fourth-order valence-corrected chi connectivity index (χ4v) is 4.38. The summed E-state index contributed by atoms with van der Waals surface area (Å²) in [4.78, 5) is 17.0. The van der Waals surface area contributed by atoms with E-state index >= 15 is 0 Å². The molecule has 140 valence electrons. The first-order valence-electron chi connectivity index (χ1n) is 8.65. The highest BCUT2D eigenvalue weighted by molar-refractivity contribution is 6.00. The molecule has 1 aliphatic heterocycles. The lowest BCUT2D eigenvalue weighted by atomic mass is 9.46. The number of hydrogen-bond donors (Lipinski definition) is 2. The van der Waals surface area contributed by atoms with E-state index in [1.54, 1.807) is 6.20 Å². The summed E-state index contributed by atoms with van der Waals surface area (Å²) in [6, 6.07) is 7.49. The minimum atomic E-state index is -0.930. The number of aromatic nitrogens is 1. The Hall–Kier alpha value is -1.89. The monoisotopic (exact) mass is 377 g/mol. The number of hydrogen-bond acceptors (Lipinski definition) is 5. The van der Waals surface area contributed by atoms with Crippen molar-refractivity contribution < 1.29 is 13.9 Å². The van der Waals surface area contributed by atoms with Gasteiger partial charge in [-0.1, -0.05) is 26.0 Å². The molecule has 0 bridgehead atoms. The second-order valence-corrected chi connectivity index (χ2v) is 7.53. The van der Waals surface area contributed by atoms with E-state index in [-0.39, 0.29) is 30.3 Å². The van der Waals surface area contributed by atoms with Crippen LogP contribution in [0.1, 0.15) is 26.7 Å². The molecule has 4 rings (SSSR count). The van der Waals surface area contributed by atoms with Gasteiger partial charge in [0.05, 0.1) is 12.3 Å². The van der Waals surface area contributed by atoms with Gasteiger partial charge < -0.3 is 20.2 Å². The normalized spacial score (nSPS) is 29.0. The van der Waals surface area contributed by atoms with Crippen LogP contribution in [-0.4, -0.2) is 29.1 Å². The van der Waals surface area contributed by atoms with Crippen molar-refractivity contribution in [2.75, 3.05) is 11.9 Å². The van der Waals surface area contributed by atoms with Crippen molar-refractivity contribution in [3.63, 3.8) is 0 Å². The van der Waals surface area contributed by atoms with Crippen LogP contribution in [0.5, 0.6) is 0 Å². The van der Waals surface area contributed by atoms with Gasteiger partial charge in [-0.2, -0.15) is 0 Å². The standard InChI is InChI=1S/C19H23N3O3.ClH/c1-18(2)16-14(7-4-8-24-16)19(18,20)17(23)22-13-6-3-5-12(9-13)15-10-21-11-25-15;/h3,5-6,9-11,14,16H,4,7-8,20H2,1-2H3,(H,22,23);1H. The number of carbonyl (C=O) groups excluding carboxylic acids is 1. The predicted octanol–water partition coefficient (Wildman–Crippen LogP) is 3.23. The summed E-state index contributed by atoms with van der Waals surface area (Å²) in [5.74, 6) is 0.566. The summed E-state index contributed by atoms with van der Waals surface area (Å²) in [7, 11) is 0. The second kappa shape index (κ2) is 6.68. The molecule has 6 nitrogen and oxygen atoms in total. The molecular weight excluding hydrogens is 354 g/mol. The van der Waals surface area contributed by atoms with Crippen molar-refractivity contribution in [1.29, 1.82) is 0 Å². The van der Waals surface area contributed by atoms with Crippen LogP contribution in [0.15, 0.2) is 41.3 Å². The van der Waals surface area contributed by atoms with Gasteiger partial charge in [0.2, 0.25) is 5.91 Å². The number of halogens is 1. The van der Waals surface area contributed by atoms with Crippen molar-refractivity contribution >= 4 is 24.0 Å². The summed E-state index contributed by atoms with van der Waals surface area (Å²) in [6.07, 6.45) is 4.96. The Labute approximate surface area is 158 Å². The molecule has 2 fully saturated rings. The SMILES string of the molecule is CC1(C)C2OCCCC2C1(N)C(=O)Nc1cccc(-c2cnco2)c1.Cl. The molecule has 1 saturated carbocycles. The Morgan fingerprint density at radius 3 is 2.92 bits per heavy atom. The van der Waals surface area contributed by atoms with Crippen molar-refractivity contribution in [3.05, 3.63) is 36.9 Å². The zero-order chi connectivity index (χ0) is 17.7. The van der Waals surface area contributed by atoms with E-state index in [1.165, 1.54) is 6.39 Å². The molecule has 1 aliphatic carbocycles. The number of anilines is 1. The topological polar surface area (TPSA) is 90.4 Å². The molecule has 0 spiro atoms.